The van der Waals surface area contributed by atoms with E-state index < -0.39 is 5.79 Å². The van der Waals surface area contributed by atoms with Crippen molar-refractivity contribution in [1.29, 1.82) is 0 Å². The Morgan fingerprint density at radius 1 is 1.32 bits per heavy atom. The summed E-state index contributed by atoms with van der Waals surface area (Å²) in [6, 6.07) is -0.000100. The maximum atomic E-state index is 9.65. The average molecular weight is 325 g/mol. The molecule has 7 nitrogen and oxygen atoms in total. The van der Waals surface area contributed by atoms with Crippen LogP contribution < -0.4 is 0 Å². The number of nitrogens with zero attached hydrogens (tertiary/aromatic N) is 4. The monoisotopic (exact) mass is 324 g/mol. The molecule has 0 spiro atoms. The van der Waals surface area contributed by atoms with Crippen molar-refractivity contribution in [3.8, 4) is 0 Å². The van der Waals surface area contributed by atoms with Crippen molar-refractivity contribution in [2.75, 3.05) is 6.61 Å². The fourth-order valence-electron chi connectivity index (χ4n) is 3.57. The van der Waals surface area contributed by atoms with Gasteiger partial charge < -0.3 is 19.1 Å². The van der Waals surface area contributed by atoms with Gasteiger partial charge in [-0.05, 0) is 20.3 Å². The molecule has 0 unspecified atom stereocenters. The second kappa shape index (κ2) is 4.86. The van der Waals surface area contributed by atoms with Gasteiger partial charge in [-0.1, -0.05) is 11.6 Å². The minimum absolute atomic E-state index is 0.000100. The molecule has 1 aliphatic carbocycles. The van der Waals surface area contributed by atoms with Crippen LogP contribution in [-0.2, 0) is 9.47 Å². The number of halogens is 1. The van der Waals surface area contributed by atoms with E-state index in [1.165, 1.54) is 6.33 Å². The molecule has 0 amide bonds. The van der Waals surface area contributed by atoms with Crippen LogP contribution in [0.1, 0.15) is 26.3 Å². The predicted molar refractivity (Wildman–Crippen MR) is 78.4 cm³/mol. The van der Waals surface area contributed by atoms with E-state index in [1.54, 1.807) is 6.33 Å². The van der Waals surface area contributed by atoms with Crippen molar-refractivity contribution in [3.05, 3.63) is 17.8 Å². The van der Waals surface area contributed by atoms with Crippen LogP contribution in [0.5, 0.6) is 0 Å². The minimum Gasteiger partial charge on any atom is -0.396 e. The Morgan fingerprint density at radius 3 is 2.86 bits per heavy atom. The molecule has 2 aliphatic rings. The fourth-order valence-corrected chi connectivity index (χ4v) is 3.75. The van der Waals surface area contributed by atoms with Gasteiger partial charge in [0.15, 0.2) is 16.6 Å². The van der Waals surface area contributed by atoms with E-state index in [4.69, 9.17) is 21.1 Å². The maximum Gasteiger partial charge on any atom is 0.165 e. The summed E-state index contributed by atoms with van der Waals surface area (Å²) in [5.74, 6) is -0.615. The lowest BCUT2D eigenvalue weighted by Gasteiger charge is -2.23. The van der Waals surface area contributed by atoms with Crippen LogP contribution in [0.15, 0.2) is 12.7 Å². The Kier molecular flexibility index (Phi) is 3.16. The van der Waals surface area contributed by atoms with E-state index in [0.717, 1.165) is 6.42 Å². The first-order valence-electron chi connectivity index (χ1n) is 7.30. The van der Waals surface area contributed by atoms with E-state index in [1.807, 2.05) is 18.4 Å². The van der Waals surface area contributed by atoms with Crippen LogP contribution in [-0.4, -0.2) is 49.2 Å². The van der Waals surface area contributed by atoms with Crippen LogP contribution in [0.3, 0.4) is 0 Å². The molecule has 1 aliphatic heterocycles. The molecular formula is C14H17ClN4O3. The van der Waals surface area contributed by atoms with Gasteiger partial charge in [-0.15, -0.1) is 0 Å². The number of hydrogen-bond donors (Lipinski definition) is 1. The summed E-state index contributed by atoms with van der Waals surface area (Å²) in [4.78, 5) is 12.6. The molecular weight excluding hydrogens is 308 g/mol. The quantitative estimate of drug-likeness (QED) is 0.844. The van der Waals surface area contributed by atoms with Crippen LogP contribution in [0.4, 0.5) is 0 Å². The Bertz CT molecular complexity index is 719. The lowest BCUT2D eigenvalue weighted by Crippen LogP contribution is -2.27. The van der Waals surface area contributed by atoms with Gasteiger partial charge >= 0.3 is 0 Å². The summed E-state index contributed by atoms with van der Waals surface area (Å²) in [7, 11) is 0. The highest BCUT2D eigenvalue weighted by atomic mass is 35.5. The summed E-state index contributed by atoms with van der Waals surface area (Å²) in [6.07, 6.45) is 3.61. The molecule has 8 heteroatoms. The first-order valence-corrected chi connectivity index (χ1v) is 7.67. The van der Waals surface area contributed by atoms with Crippen molar-refractivity contribution in [3.63, 3.8) is 0 Å². The van der Waals surface area contributed by atoms with Gasteiger partial charge in [0, 0.05) is 12.5 Å². The predicted octanol–water partition coefficient (Wildman–Crippen LogP) is 1.55. The van der Waals surface area contributed by atoms with Gasteiger partial charge in [-0.25, -0.2) is 15.0 Å². The van der Waals surface area contributed by atoms with Gasteiger partial charge in [-0.2, -0.15) is 0 Å². The van der Waals surface area contributed by atoms with E-state index in [2.05, 4.69) is 15.0 Å². The molecule has 1 N–H and O–H groups in total. The largest absolute Gasteiger partial charge is 0.396 e. The maximum absolute atomic E-state index is 9.65. The molecule has 0 bridgehead atoms. The lowest BCUT2D eigenvalue weighted by atomic mass is 10.1. The molecule has 0 radical (unpaired) electrons. The van der Waals surface area contributed by atoms with E-state index in [-0.39, 0.29) is 30.8 Å². The van der Waals surface area contributed by atoms with E-state index >= 15 is 0 Å². The normalized spacial score (nSPS) is 33.5. The smallest absolute Gasteiger partial charge is 0.165 e. The number of aliphatic hydroxyl groups is 1. The van der Waals surface area contributed by atoms with Crippen LogP contribution in [0, 0.1) is 5.92 Å². The molecule has 2 fully saturated rings. The van der Waals surface area contributed by atoms with E-state index in [0.29, 0.717) is 16.3 Å². The molecule has 1 saturated heterocycles. The zero-order valence-corrected chi connectivity index (χ0v) is 13.1. The lowest BCUT2D eigenvalue weighted by molar-refractivity contribution is -0.161. The third kappa shape index (κ3) is 2.04. The molecule has 1 saturated carbocycles. The zero-order valence-electron chi connectivity index (χ0n) is 12.3. The van der Waals surface area contributed by atoms with Gasteiger partial charge in [0.25, 0.3) is 0 Å². The molecule has 2 aromatic rings. The standard InChI is InChI=1S/C14H17ClN4O3/c1-14(2)21-10-7(4-20)3-8(11(10)22-14)19-6-18-9-12(15)16-5-17-13(9)19/h5-8,10-11,20H,3-4H2,1-2H3/t7-,8-,10-,11-/m1/s1. The molecule has 22 heavy (non-hydrogen) atoms. The first kappa shape index (κ1) is 14.3. The second-order valence-corrected chi connectivity index (χ2v) is 6.66. The van der Waals surface area contributed by atoms with Crippen LogP contribution in [0.25, 0.3) is 11.2 Å². The first-order chi connectivity index (χ1) is 10.5. The average Bonchev–Trinajstić information content (AvgIpc) is 3.10. The number of rotatable bonds is 2. The summed E-state index contributed by atoms with van der Waals surface area (Å²) in [5.41, 5.74) is 1.25. The topological polar surface area (TPSA) is 82.3 Å². The summed E-state index contributed by atoms with van der Waals surface area (Å²) in [6.45, 7) is 3.85. The third-order valence-corrected chi connectivity index (χ3v) is 4.73. The van der Waals surface area contributed by atoms with Crippen LogP contribution >= 0.6 is 11.6 Å². The van der Waals surface area contributed by atoms with Gasteiger partial charge in [0.05, 0.1) is 18.5 Å². The summed E-state index contributed by atoms with van der Waals surface area (Å²) < 4.78 is 14.0. The number of aliphatic hydroxyl groups excluding tert-OH is 1. The number of imidazole rings is 1. The highest BCUT2D eigenvalue weighted by molar-refractivity contribution is 6.33. The number of ether oxygens (including phenoxy) is 2. The van der Waals surface area contributed by atoms with Gasteiger partial charge in [0.1, 0.15) is 17.9 Å². The minimum atomic E-state index is -0.648. The molecule has 4 rings (SSSR count). The zero-order chi connectivity index (χ0) is 15.5. The van der Waals surface area contributed by atoms with Crippen LogP contribution in [0.2, 0.25) is 5.15 Å². The van der Waals surface area contributed by atoms with Crippen molar-refractivity contribution >= 4 is 22.8 Å². The van der Waals surface area contributed by atoms with Gasteiger partial charge in [-0.3, -0.25) is 0 Å². The Labute approximate surface area is 132 Å². The number of hydrogen-bond acceptors (Lipinski definition) is 6. The molecule has 118 valence electrons. The van der Waals surface area contributed by atoms with E-state index in [9.17, 15) is 5.11 Å². The fraction of sp³-hybridized carbons (Fsp3) is 0.643. The van der Waals surface area contributed by atoms with Crippen molar-refractivity contribution in [1.82, 2.24) is 19.5 Å². The van der Waals surface area contributed by atoms with Gasteiger partial charge in [0.2, 0.25) is 0 Å². The van der Waals surface area contributed by atoms with Crippen molar-refractivity contribution in [2.45, 2.75) is 44.3 Å². The number of fused-ring (bicyclic) bond motifs is 2. The molecule has 2 aromatic heterocycles. The highest BCUT2D eigenvalue weighted by Gasteiger charge is 2.54. The molecule has 0 aromatic carbocycles. The summed E-state index contributed by atoms with van der Waals surface area (Å²) in [5, 5.41) is 9.98. The Balaban J connectivity index is 1.77. The number of aromatic nitrogens is 4. The Morgan fingerprint density at radius 2 is 2.09 bits per heavy atom. The summed E-state index contributed by atoms with van der Waals surface area (Å²) >= 11 is 6.07. The third-order valence-electron chi connectivity index (χ3n) is 4.46. The Hall–Kier alpha value is -1.28. The SMILES string of the molecule is CC1(C)O[C@@H]2[C@@H](CO)C[C@@H](n3cnc4c(Cl)ncnc43)[C@H]2O1. The van der Waals surface area contributed by atoms with Crippen molar-refractivity contribution in [2.24, 2.45) is 5.92 Å². The second-order valence-electron chi connectivity index (χ2n) is 6.30. The van der Waals surface area contributed by atoms with Crippen molar-refractivity contribution < 1.29 is 14.6 Å². The molecule has 4 atom stereocenters. The highest BCUT2D eigenvalue weighted by Crippen LogP contribution is 2.47. The molecule has 3 heterocycles.